The van der Waals surface area contributed by atoms with Crippen molar-refractivity contribution in [3.8, 4) is 0 Å². The van der Waals surface area contributed by atoms with E-state index in [1.54, 1.807) is 33.8 Å². The van der Waals surface area contributed by atoms with E-state index in [1.807, 2.05) is 0 Å². The minimum Gasteiger partial charge on any atom is -0.242 e. The third-order valence-electron chi connectivity index (χ3n) is 2.57. The van der Waals surface area contributed by atoms with E-state index in [2.05, 4.69) is 4.72 Å². The highest BCUT2D eigenvalue weighted by atomic mass is 32.2. The molecule has 1 N–H and O–H groups in total. The Morgan fingerprint density at radius 2 is 1.68 bits per heavy atom. The molecule has 1 aromatic carbocycles. The molecular formula is C13H18F3NOS. The fourth-order valence-corrected chi connectivity index (χ4v) is 2.34. The van der Waals surface area contributed by atoms with Crippen molar-refractivity contribution in [3.63, 3.8) is 0 Å². The molecule has 2 atom stereocenters. The molecule has 0 fully saturated rings. The van der Waals surface area contributed by atoms with Crippen molar-refractivity contribution >= 4 is 11.0 Å². The highest BCUT2D eigenvalue weighted by Crippen LogP contribution is 2.34. The maximum absolute atomic E-state index is 12.9. The molecule has 0 aliphatic carbocycles. The summed E-state index contributed by atoms with van der Waals surface area (Å²) in [5.41, 5.74) is -0.589. The third kappa shape index (κ3) is 4.31. The first-order valence-corrected chi connectivity index (χ1v) is 7.02. The average Bonchev–Trinajstić information content (AvgIpc) is 2.26. The summed E-state index contributed by atoms with van der Waals surface area (Å²) in [6, 6.07) is 4.69. The van der Waals surface area contributed by atoms with Gasteiger partial charge >= 0.3 is 6.18 Å². The zero-order valence-corrected chi connectivity index (χ0v) is 12.2. The smallest absolute Gasteiger partial charge is 0.242 e. The molecule has 2 nitrogen and oxygen atoms in total. The molecule has 0 bridgehead atoms. The number of rotatable bonds is 3. The number of benzene rings is 1. The van der Waals surface area contributed by atoms with Crippen LogP contribution in [-0.2, 0) is 17.2 Å². The Hall–Kier alpha value is -0.880. The number of halogens is 3. The normalized spacial score (nSPS) is 16.2. The molecule has 2 unspecified atom stereocenters. The molecule has 1 rings (SSSR count). The first kappa shape index (κ1) is 16.2. The van der Waals surface area contributed by atoms with Gasteiger partial charge < -0.3 is 0 Å². The molecule has 0 heterocycles. The minimum atomic E-state index is -4.41. The summed E-state index contributed by atoms with van der Waals surface area (Å²) in [4.78, 5) is 0. The van der Waals surface area contributed by atoms with Crippen molar-refractivity contribution < 1.29 is 17.4 Å². The van der Waals surface area contributed by atoms with Crippen LogP contribution in [0.15, 0.2) is 24.3 Å². The second-order valence-corrected chi connectivity index (χ2v) is 7.30. The summed E-state index contributed by atoms with van der Waals surface area (Å²) in [7, 11) is -1.42. The molecule has 19 heavy (non-hydrogen) atoms. The molecule has 6 heteroatoms. The summed E-state index contributed by atoms with van der Waals surface area (Å²) in [5, 5.41) is 0. The lowest BCUT2D eigenvalue weighted by molar-refractivity contribution is -0.138. The highest BCUT2D eigenvalue weighted by Gasteiger charge is 2.34. The van der Waals surface area contributed by atoms with Crippen LogP contribution in [0.25, 0.3) is 0 Å². The Kier molecular flexibility index (Phi) is 4.79. The van der Waals surface area contributed by atoms with Crippen LogP contribution in [0, 0.1) is 0 Å². The van der Waals surface area contributed by atoms with Gasteiger partial charge in [0.05, 0.1) is 21.3 Å². The Bertz CT molecular complexity index is 466. The van der Waals surface area contributed by atoms with Crippen molar-refractivity contribution in [1.82, 2.24) is 4.72 Å². The molecule has 0 aliphatic heterocycles. The minimum absolute atomic E-state index is 0.104. The van der Waals surface area contributed by atoms with Gasteiger partial charge in [-0.25, -0.2) is 8.93 Å². The van der Waals surface area contributed by atoms with Gasteiger partial charge in [-0.3, -0.25) is 0 Å². The molecule has 0 aliphatic rings. The SMILES string of the molecule is CC(NS(=O)C(C)(C)C)c1ccccc1C(F)(F)F. The number of alkyl halides is 3. The molecule has 108 valence electrons. The summed E-state index contributed by atoms with van der Waals surface area (Å²) >= 11 is 0. The number of hydrogen-bond donors (Lipinski definition) is 1. The van der Waals surface area contributed by atoms with Gasteiger partial charge in [0.2, 0.25) is 0 Å². The largest absolute Gasteiger partial charge is 0.416 e. The molecule has 0 saturated heterocycles. The second kappa shape index (κ2) is 5.63. The van der Waals surface area contributed by atoms with E-state index in [4.69, 9.17) is 0 Å². The lowest BCUT2D eigenvalue weighted by atomic mass is 10.0. The van der Waals surface area contributed by atoms with Gasteiger partial charge in [0.25, 0.3) is 0 Å². The quantitative estimate of drug-likeness (QED) is 0.902. The summed E-state index contributed by atoms with van der Waals surface area (Å²) < 4.78 is 52.8. The predicted molar refractivity (Wildman–Crippen MR) is 70.9 cm³/mol. The molecule has 0 amide bonds. The van der Waals surface area contributed by atoms with Gasteiger partial charge in [-0.15, -0.1) is 0 Å². The molecule has 0 saturated carbocycles. The Morgan fingerprint density at radius 1 is 1.16 bits per heavy atom. The van der Waals surface area contributed by atoms with Crippen LogP contribution < -0.4 is 4.72 Å². The predicted octanol–water partition coefficient (Wildman–Crippen LogP) is 3.82. The topological polar surface area (TPSA) is 29.1 Å². The van der Waals surface area contributed by atoms with Crippen molar-refractivity contribution in [3.05, 3.63) is 35.4 Å². The summed E-state index contributed by atoms with van der Waals surface area (Å²) in [6.07, 6.45) is -4.41. The lowest BCUT2D eigenvalue weighted by Gasteiger charge is -2.24. The van der Waals surface area contributed by atoms with E-state index in [0.29, 0.717) is 0 Å². The van der Waals surface area contributed by atoms with E-state index in [9.17, 15) is 17.4 Å². The van der Waals surface area contributed by atoms with Crippen molar-refractivity contribution in [2.75, 3.05) is 0 Å². The van der Waals surface area contributed by atoms with Gasteiger partial charge in [-0.05, 0) is 39.3 Å². The van der Waals surface area contributed by atoms with E-state index in [1.165, 1.54) is 12.1 Å². The monoisotopic (exact) mass is 293 g/mol. The third-order valence-corrected chi connectivity index (χ3v) is 4.25. The van der Waals surface area contributed by atoms with Crippen LogP contribution in [0.2, 0.25) is 0 Å². The van der Waals surface area contributed by atoms with Gasteiger partial charge in [0, 0.05) is 6.04 Å². The fourth-order valence-electron chi connectivity index (χ4n) is 1.53. The van der Waals surface area contributed by atoms with Crippen LogP contribution in [0.3, 0.4) is 0 Å². The van der Waals surface area contributed by atoms with Gasteiger partial charge in [0.15, 0.2) is 0 Å². The van der Waals surface area contributed by atoms with Crippen LogP contribution in [0.4, 0.5) is 13.2 Å². The van der Waals surface area contributed by atoms with Crippen molar-refractivity contribution in [2.45, 2.75) is 44.7 Å². The van der Waals surface area contributed by atoms with Gasteiger partial charge in [-0.2, -0.15) is 13.2 Å². The summed E-state index contributed by atoms with van der Waals surface area (Å²) in [5.74, 6) is 0. The zero-order valence-electron chi connectivity index (χ0n) is 11.3. The average molecular weight is 293 g/mol. The second-order valence-electron chi connectivity index (χ2n) is 5.31. The van der Waals surface area contributed by atoms with Crippen LogP contribution in [0.5, 0.6) is 0 Å². The van der Waals surface area contributed by atoms with E-state index in [0.717, 1.165) is 6.07 Å². The van der Waals surface area contributed by atoms with E-state index < -0.39 is 33.5 Å². The molecule has 0 radical (unpaired) electrons. The number of nitrogens with one attached hydrogen (secondary N) is 1. The maximum Gasteiger partial charge on any atom is 0.416 e. The van der Waals surface area contributed by atoms with Crippen LogP contribution >= 0.6 is 0 Å². The van der Waals surface area contributed by atoms with Crippen LogP contribution in [-0.4, -0.2) is 8.96 Å². The fraction of sp³-hybridized carbons (Fsp3) is 0.538. The van der Waals surface area contributed by atoms with E-state index >= 15 is 0 Å². The Labute approximate surface area is 114 Å². The molecule has 0 aromatic heterocycles. The van der Waals surface area contributed by atoms with Gasteiger partial charge in [0.1, 0.15) is 0 Å². The van der Waals surface area contributed by atoms with E-state index in [-0.39, 0.29) is 5.56 Å². The zero-order chi connectivity index (χ0) is 14.8. The standard InChI is InChI=1S/C13H18F3NOS/c1-9(17-19(18)12(2,3)4)10-7-5-6-8-11(10)13(14,15)16/h5-9,17H,1-4H3. The Balaban J connectivity index is 3.01. The van der Waals surface area contributed by atoms with Crippen LogP contribution in [0.1, 0.15) is 44.9 Å². The van der Waals surface area contributed by atoms with Gasteiger partial charge in [-0.1, -0.05) is 18.2 Å². The first-order valence-electron chi connectivity index (χ1n) is 5.87. The van der Waals surface area contributed by atoms with Crippen molar-refractivity contribution in [2.24, 2.45) is 0 Å². The molecule has 1 aromatic rings. The highest BCUT2D eigenvalue weighted by molar-refractivity contribution is 7.84. The maximum atomic E-state index is 12.9. The Morgan fingerprint density at radius 3 is 2.16 bits per heavy atom. The molecule has 0 spiro atoms. The lowest BCUT2D eigenvalue weighted by Crippen LogP contribution is -2.35. The molecular weight excluding hydrogens is 275 g/mol. The van der Waals surface area contributed by atoms with Crippen molar-refractivity contribution in [1.29, 1.82) is 0 Å². The number of hydrogen-bond acceptors (Lipinski definition) is 1. The summed E-state index contributed by atoms with van der Waals surface area (Å²) in [6.45, 7) is 6.86. The first-order chi connectivity index (χ1) is 8.53.